The van der Waals surface area contributed by atoms with E-state index in [1.54, 1.807) is 0 Å². The van der Waals surface area contributed by atoms with Gasteiger partial charge in [-0.3, -0.25) is 4.99 Å². The molecule has 4 heteroatoms. The van der Waals surface area contributed by atoms with Crippen molar-refractivity contribution >= 4 is 36.6 Å². The fourth-order valence-electron chi connectivity index (χ4n) is 0.457. The molecule has 0 aliphatic heterocycles. The van der Waals surface area contributed by atoms with Gasteiger partial charge in [0.05, 0.1) is 0 Å². The van der Waals surface area contributed by atoms with Gasteiger partial charge in [-0.2, -0.15) is 0 Å². The third-order valence-electron chi connectivity index (χ3n) is 0.869. The number of nitrogens with two attached hydrogens (primary N) is 1. The van der Waals surface area contributed by atoms with Gasteiger partial charge in [-0.05, 0) is 33.3 Å². The molecule has 0 unspecified atom stereocenters. The van der Waals surface area contributed by atoms with E-state index in [0.717, 1.165) is 23.9 Å². The molecule has 0 fully saturated rings. The van der Waals surface area contributed by atoms with E-state index in [0.29, 0.717) is 4.74 Å². The highest BCUT2D eigenvalue weighted by Gasteiger charge is 1.87. The molecule has 0 saturated carbocycles. The number of aliphatic imine (C=N–C) groups is 1. The van der Waals surface area contributed by atoms with Crippen LogP contribution in [0, 0.1) is 0 Å². The van der Waals surface area contributed by atoms with E-state index < -0.39 is 0 Å². The Kier molecular flexibility index (Phi) is 6.02. The highest BCUT2D eigenvalue weighted by molar-refractivity contribution is 9.18. The third-order valence-corrected chi connectivity index (χ3v) is 1.52. The molecule has 0 aromatic heterocycles. The molecule has 0 heterocycles. The lowest BCUT2D eigenvalue weighted by atomic mass is 10.3. The van der Waals surface area contributed by atoms with E-state index in [9.17, 15) is 0 Å². The summed E-state index contributed by atoms with van der Waals surface area (Å²) in [6.45, 7) is 4.45. The summed E-state index contributed by atoms with van der Waals surface area (Å²) in [6.07, 6.45) is 1.93. The molecule has 0 amide bonds. The van der Waals surface area contributed by atoms with Crippen molar-refractivity contribution in [2.24, 2.45) is 10.7 Å². The lowest BCUT2D eigenvalue weighted by Gasteiger charge is -1.93. The van der Waals surface area contributed by atoms with Gasteiger partial charge in [0.15, 0.2) is 4.74 Å². The van der Waals surface area contributed by atoms with Gasteiger partial charge in [0, 0.05) is 6.54 Å². The maximum atomic E-state index is 5.24. The maximum absolute atomic E-state index is 5.24. The van der Waals surface area contributed by atoms with E-state index >= 15 is 0 Å². The summed E-state index contributed by atoms with van der Waals surface area (Å²) in [5.74, 6) is 0. The second-order valence-electron chi connectivity index (χ2n) is 1.83. The van der Waals surface area contributed by atoms with Gasteiger partial charge < -0.3 is 5.73 Å². The van der Waals surface area contributed by atoms with Crippen molar-refractivity contribution in [3.05, 3.63) is 11.1 Å². The molecule has 0 rings (SSSR count). The number of halogens is 2. The van der Waals surface area contributed by atoms with E-state index in [-0.39, 0.29) is 0 Å². The zero-order valence-electron chi connectivity index (χ0n) is 5.61. The Hall–Kier alpha value is 0.170. The molecule has 0 aliphatic rings. The Labute approximate surface area is 77.8 Å². The Bertz CT molecular complexity index is 139. The van der Waals surface area contributed by atoms with Crippen LogP contribution >= 0.6 is 31.9 Å². The van der Waals surface area contributed by atoms with Crippen LogP contribution < -0.4 is 5.73 Å². The highest BCUT2D eigenvalue weighted by Crippen LogP contribution is 2.08. The zero-order valence-corrected chi connectivity index (χ0v) is 8.78. The van der Waals surface area contributed by atoms with Crippen molar-refractivity contribution in [2.45, 2.75) is 12.8 Å². The van der Waals surface area contributed by atoms with Crippen LogP contribution in [0.1, 0.15) is 12.8 Å². The highest BCUT2D eigenvalue weighted by atomic mass is 79.9. The largest absolute Gasteiger partial charge is 0.378 e. The van der Waals surface area contributed by atoms with Crippen molar-refractivity contribution in [3.63, 3.8) is 0 Å². The van der Waals surface area contributed by atoms with Crippen LogP contribution in [0.2, 0.25) is 0 Å². The molecule has 2 nitrogen and oxygen atoms in total. The fourth-order valence-corrected chi connectivity index (χ4v) is 0.914. The normalized spacial score (nSPS) is 11.6. The van der Waals surface area contributed by atoms with Crippen LogP contribution in [0.3, 0.4) is 0 Å². The number of nitrogens with zero attached hydrogens (tertiary/aromatic N) is 1. The lowest BCUT2D eigenvalue weighted by Crippen LogP contribution is -2.01. The monoisotopic (exact) mass is 268 g/mol. The first-order valence-electron chi connectivity index (χ1n) is 2.91. The number of amidine groups is 1. The summed E-state index contributed by atoms with van der Waals surface area (Å²) in [5.41, 5.74) is 5.24. The van der Waals surface area contributed by atoms with Crippen molar-refractivity contribution in [2.75, 3.05) is 6.54 Å². The van der Waals surface area contributed by atoms with Gasteiger partial charge in [-0.15, -0.1) is 0 Å². The molecule has 0 aromatic carbocycles. The molecular weight excluding hydrogens is 260 g/mol. The Morgan fingerprint density at radius 1 is 1.50 bits per heavy atom. The second kappa shape index (κ2) is 5.92. The molecule has 0 spiro atoms. The first-order valence-corrected chi connectivity index (χ1v) is 4.50. The van der Waals surface area contributed by atoms with E-state index in [2.05, 4.69) is 43.4 Å². The average Bonchev–Trinajstić information content (AvgIpc) is 1.79. The first kappa shape index (κ1) is 10.2. The Balaban J connectivity index is 3.21. The van der Waals surface area contributed by atoms with Gasteiger partial charge in [-0.1, -0.05) is 22.5 Å². The molecule has 2 N–H and O–H groups in total. The van der Waals surface area contributed by atoms with E-state index in [4.69, 9.17) is 5.73 Å². The summed E-state index contributed by atoms with van der Waals surface area (Å²) in [4.78, 5) is 3.95. The quantitative estimate of drug-likeness (QED) is 0.362. The number of rotatable bonds is 4. The smallest absolute Gasteiger partial charge is 0.163 e. The van der Waals surface area contributed by atoms with Gasteiger partial charge in [0.2, 0.25) is 0 Å². The van der Waals surface area contributed by atoms with Crippen LogP contribution in [0.5, 0.6) is 0 Å². The van der Waals surface area contributed by atoms with Crippen LogP contribution in [-0.2, 0) is 0 Å². The predicted octanol–water partition coefficient (Wildman–Crippen LogP) is 2.38. The molecule has 0 bridgehead atoms. The number of hydrogen-bond acceptors (Lipinski definition) is 1. The van der Waals surface area contributed by atoms with Crippen molar-refractivity contribution in [3.8, 4) is 0 Å². The topological polar surface area (TPSA) is 38.4 Å². The molecule has 0 radical (unpaired) electrons. The number of hydrogen-bond donors (Lipinski definition) is 1. The SMILES string of the molecule is C=C(Br)CCCN=C(N)Br. The minimum atomic E-state index is 0.465. The van der Waals surface area contributed by atoms with Crippen molar-refractivity contribution < 1.29 is 0 Å². The Morgan fingerprint density at radius 3 is 2.50 bits per heavy atom. The van der Waals surface area contributed by atoms with Crippen LogP contribution in [0.15, 0.2) is 16.1 Å². The van der Waals surface area contributed by atoms with Gasteiger partial charge in [-0.25, -0.2) is 0 Å². The molecule has 0 aliphatic carbocycles. The van der Waals surface area contributed by atoms with Crippen LogP contribution in [0.25, 0.3) is 0 Å². The predicted molar refractivity (Wildman–Crippen MR) is 52.7 cm³/mol. The molecular formula is C6H10Br2N2. The maximum Gasteiger partial charge on any atom is 0.163 e. The minimum absolute atomic E-state index is 0.465. The van der Waals surface area contributed by atoms with E-state index in [1.165, 1.54) is 0 Å². The molecule has 0 atom stereocenters. The average molecular weight is 270 g/mol. The molecule has 0 saturated heterocycles. The first-order chi connectivity index (χ1) is 4.63. The van der Waals surface area contributed by atoms with Crippen molar-refractivity contribution in [1.82, 2.24) is 0 Å². The second-order valence-corrected chi connectivity index (χ2v) is 3.76. The van der Waals surface area contributed by atoms with Gasteiger partial charge >= 0.3 is 0 Å². The van der Waals surface area contributed by atoms with Gasteiger partial charge in [0.25, 0.3) is 0 Å². The van der Waals surface area contributed by atoms with Crippen LogP contribution in [-0.4, -0.2) is 11.3 Å². The summed E-state index contributed by atoms with van der Waals surface area (Å²) in [7, 11) is 0. The molecule has 10 heavy (non-hydrogen) atoms. The number of allylic oxidation sites excluding steroid dienone is 1. The lowest BCUT2D eigenvalue weighted by molar-refractivity contribution is 0.853. The van der Waals surface area contributed by atoms with Crippen LogP contribution in [0.4, 0.5) is 0 Å². The molecule has 0 aromatic rings. The molecule has 58 valence electrons. The standard InChI is InChI=1S/C6H10Br2N2/c1-5(7)3-2-4-10-6(8)9/h1-4H2,(H2,9,10). The van der Waals surface area contributed by atoms with Gasteiger partial charge in [0.1, 0.15) is 0 Å². The fraction of sp³-hybridized carbons (Fsp3) is 0.500. The summed E-state index contributed by atoms with van der Waals surface area (Å²) in [5, 5.41) is 0. The minimum Gasteiger partial charge on any atom is -0.378 e. The summed E-state index contributed by atoms with van der Waals surface area (Å²) < 4.78 is 1.48. The zero-order chi connectivity index (χ0) is 7.98. The Morgan fingerprint density at radius 2 is 2.10 bits per heavy atom. The summed E-state index contributed by atoms with van der Waals surface area (Å²) >= 11 is 6.29. The third kappa shape index (κ3) is 8.17. The van der Waals surface area contributed by atoms with E-state index in [1.807, 2.05) is 0 Å². The van der Waals surface area contributed by atoms with Crippen molar-refractivity contribution in [1.29, 1.82) is 0 Å². The summed E-state index contributed by atoms with van der Waals surface area (Å²) in [6, 6.07) is 0.